The molecule has 3 rings (SSSR count). The van der Waals surface area contributed by atoms with Gasteiger partial charge in [0.15, 0.2) is 5.05 Å². The van der Waals surface area contributed by atoms with E-state index in [0.29, 0.717) is 10.2 Å². The zero-order valence-corrected chi connectivity index (χ0v) is 13.8. The molecule has 114 valence electrons. The molecule has 0 amide bonds. The van der Waals surface area contributed by atoms with E-state index in [-0.39, 0.29) is 18.1 Å². The second-order valence-electron chi connectivity index (χ2n) is 4.46. The van der Waals surface area contributed by atoms with Gasteiger partial charge < -0.3 is 14.2 Å². The topological polar surface area (TPSA) is 66.4 Å². The number of benzene rings is 1. The van der Waals surface area contributed by atoms with Crippen molar-refractivity contribution in [2.75, 3.05) is 14.2 Å². The Morgan fingerprint density at radius 2 is 1.82 bits per heavy atom. The largest absolute Gasteiger partial charge is 0.475 e. The van der Waals surface area contributed by atoms with Gasteiger partial charge in [-0.2, -0.15) is 9.97 Å². The highest BCUT2D eigenvalue weighted by atomic mass is 32.2. The molecule has 2 aromatic rings. The number of methoxy groups -OCH3 is 2. The van der Waals surface area contributed by atoms with Gasteiger partial charge in [-0.3, -0.25) is 0 Å². The maximum atomic E-state index is 5.62. The molecule has 0 aliphatic carbocycles. The molecule has 0 saturated heterocycles. The Morgan fingerprint density at radius 3 is 2.45 bits per heavy atom. The van der Waals surface area contributed by atoms with Crippen LogP contribution in [-0.2, 0) is 4.74 Å². The average molecular weight is 335 g/mol. The van der Waals surface area contributed by atoms with E-state index in [0.717, 1.165) is 16.0 Å². The highest BCUT2D eigenvalue weighted by Gasteiger charge is 2.28. The van der Waals surface area contributed by atoms with E-state index in [1.54, 1.807) is 0 Å². The Kier molecular flexibility index (Phi) is 4.12. The summed E-state index contributed by atoms with van der Waals surface area (Å²) in [5.74, 6) is 0. The molecule has 6 nitrogen and oxygen atoms in total. The number of hydrogen-bond donors (Lipinski definition) is 0. The van der Waals surface area contributed by atoms with E-state index < -0.39 is 0 Å². The normalized spacial score (nSPS) is 16.1. The minimum absolute atomic E-state index is 0.0366. The quantitative estimate of drug-likeness (QED) is 0.790. The van der Waals surface area contributed by atoms with Gasteiger partial charge in [-0.25, -0.2) is 0 Å². The summed E-state index contributed by atoms with van der Waals surface area (Å²) in [5, 5.41) is 0.970. The van der Waals surface area contributed by atoms with Crippen LogP contribution in [0.1, 0.15) is 24.2 Å². The number of nitrogens with zero attached hydrogens (tertiary/aromatic N) is 3. The first-order chi connectivity index (χ1) is 10.6. The monoisotopic (exact) mass is 335 g/mol. The minimum Gasteiger partial charge on any atom is -0.475 e. The smallest absolute Gasteiger partial charge is 0.323 e. The van der Waals surface area contributed by atoms with Gasteiger partial charge in [0.2, 0.25) is 5.16 Å². The summed E-state index contributed by atoms with van der Waals surface area (Å²) in [4.78, 5) is 13.4. The first-order valence-electron chi connectivity index (χ1n) is 6.48. The lowest BCUT2D eigenvalue weighted by Crippen LogP contribution is -2.01. The fourth-order valence-corrected chi connectivity index (χ4v) is 3.46. The van der Waals surface area contributed by atoms with Crippen LogP contribution in [-0.4, -0.2) is 34.2 Å². The lowest BCUT2D eigenvalue weighted by molar-refractivity contribution is 0.238. The molecule has 2 heterocycles. The predicted molar refractivity (Wildman–Crippen MR) is 84.7 cm³/mol. The van der Waals surface area contributed by atoms with Crippen LogP contribution in [0.5, 0.6) is 12.0 Å². The van der Waals surface area contributed by atoms with Crippen molar-refractivity contribution in [1.29, 1.82) is 0 Å². The molecule has 0 saturated carbocycles. The van der Waals surface area contributed by atoms with Crippen molar-refractivity contribution in [3.05, 3.63) is 29.3 Å². The van der Waals surface area contributed by atoms with E-state index in [9.17, 15) is 0 Å². The molecule has 0 bridgehead atoms. The molecule has 0 radical (unpaired) electrons. The number of aromatic nitrogens is 3. The standard InChI is InChI=1S/C14H13N3O3S2/c1-7-8-5-4-6-9(10(8)11(21)20-7)22-14-16-12(18-2)15-13(17-14)19-3/h4-7H,1-3H3. The highest BCUT2D eigenvalue weighted by molar-refractivity contribution is 7.99. The molecule has 1 aliphatic heterocycles. The third kappa shape index (κ3) is 2.71. The molecule has 8 heteroatoms. The molecular weight excluding hydrogens is 322 g/mol. The summed E-state index contributed by atoms with van der Waals surface area (Å²) in [6.45, 7) is 1.97. The van der Waals surface area contributed by atoms with Crippen LogP contribution in [0.25, 0.3) is 0 Å². The Balaban J connectivity index is 2.00. The molecule has 0 spiro atoms. The Morgan fingerprint density at radius 1 is 1.14 bits per heavy atom. The van der Waals surface area contributed by atoms with Gasteiger partial charge in [0.05, 0.1) is 14.2 Å². The molecule has 1 unspecified atom stereocenters. The fourth-order valence-electron chi connectivity index (χ4n) is 2.12. The number of thiocarbonyl (C=S) groups is 1. The average Bonchev–Trinajstić information content (AvgIpc) is 2.82. The SMILES string of the molecule is COc1nc(OC)nc(Sc2cccc3c2C(=S)OC3C)n1. The van der Waals surface area contributed by atoms with Crippen LogP contribution in [0.15, 0.2) is 28.3 Å². The number of hydrogen-bond acceptors (Lipinski definition) is 8. The molecule has 1 aromatic carbocycles. The van der Waals surface area contributed by atoms with Gasteiger partial charge in [0, 0.05) is 16.0 Å². The van der Waals surface area contributed by atoms with Gasteiger partial charge in [-0.05, 0) is 37.0 Å². The van der Waals surface area contributed by atoms with Crippen LogP contribution in [0.4, 0.5) is 0 Å². The maximum absolute atomic E-state index is 5.62. The van der Waals surface area contributed by atoms with Gasteiger partial charge in [0.1, 0.15) is 6.10 Å². The second kappa shape index (κ2) is 6.05. The summed E-state index contributed by atoms with van der Waals surface area (Å²) in [6, 6.07) is 6.34. The van der Waals surface area contributed by atoms with Crippen LogP contribution in [0.3, 0.4) is 0 Å². The molecule has 1 aliphatic rings. The van der Waals surface area contributed by atoms with Crippen LogP contribution in [0, 0.1) is 0 Å². The number of rotatable bonds is 4. The highest BCUT2D eigenvalue weighted by Crippen LogP contribution is 2.39. The Bertz CT molecular complexity index is 717. The third-order valence-corrected chi connectivity index (χ3v) is 4.35. The van der Waals surface area contributed by atoms with Crippen molar-refractivity contribution < 1.29 is 14.2 Å². The van der Waals surface area contributed by atoms with Crippen molar-refractivity contribution in [2.45, 2.75) is 23.1 Å². The van der Waals surface area contributed by atoms with Gasteiger partial charge in [-0.15, -0.1) is 4.98 Å². The summed E-state index contributed by atoms with van der Waals surface area (Å²) in [7, 11) is 2.99. The molecule has 1 atom stereocenters. The van der Waals surface area contributed by atoms with Gasteiger partial charge >= 0.3 is 12.0 Å². The summed E-state index contributed by atoms with van der Waals surface area (Å²) in [5.41, 5.74) is 2.00. The van der Waals surface area contributed by atoms with Crippen molar-refractivity contribution in [3.8, 4) is 12.0 Å². The van der Waals surface area contributed by atoms with E-state index in [4.69, 9.17) is 26.4 Å². The first kappa shape index (κ1) is 15.0. The Labute approximate surface area is 137 Å². The molecule has 0 N–H and O–H groups in total. The van der Waals surface area contributed by atoms with Crippen LogP contribution in [0.2, 0.25) is 0 Å². The lowest BCUT2D eigenvalue weighted by Gasteiger charge is -2.07. The fraction of sp³-hybridized carbons (Fsp3) is 0.286. The Hall–Kier alpha value is -1.93. The van der Waals surface area contributed by atoms with E-state index in [1.807, 2.05) is 25.1 Å². The second-order valence-corrected chi connectivity index (χ2v) is 5.84. The summed E-state index contributed by atoms with van der Waals surface area (Å²) < 4.78 is 15.7. The zero-order chi connectivity index (χ0) is 15.7. The molecule has 1 aromatic heterocycles. The van der Waals surface area contributed by atoms with Crippen molar-refractivity contribution in [1.82, 2.24) is 15.0 Å². The van der Waals surface area contributed by atoms with E-state index in [2.05, 4.69) is 15.0 Å². The third-order valence-electron chi connectivity index (χ3n) is 3.12. The minimum atomic E-state index is -0.0366. The lowest BCUT2D eigenvalue weighted by atomic mass is 10.1. The van der Waals surface area contributed by atoms with Gasteiger partial charge in [0.25, 0.3) is 0 Å². The van der Waals surface area contributed by atoms with Crippen LogP contribution < -0.4 is 9.47 Å². The van der Waals surface area contributed by atoms with Crippen LogP contribution >= 0.6 is 24.0 Å². The van der Waals surface area contributed by atoms with Gasteiger partial charge in [-0.1, -0.05) is 12.1 Å². The van der Waals surface area contributed by atoms with E-state index in [1.165, 1.54) is 26.0 Å². The number of fused-ring (bicyclic) bond motifs is 1. The molecular formula is C14H13N3O3S2. The molecule has 22 heavy (non-hydrogen) atoms. The number of ether oxygens (including phenoxy) is 3. The zero-order valence-electron chi connectivity index (χ0n) is 12.2. The van der Waals surface area contributed by atoms with Crippen molar-refractivity contribution in [2.24, 2.45) is 0 Å². The maximum Gasteiger partial charge on any atom is 0.323 e. The summed E-state index contributed by atoms with van der Waals surface area (Å²) >= 11 is 6.68. The molecule has 0 fully saturated rings. The van der Waals surface area contributed by atoms with E-state index >= 15 is 0 Å². The predicted octanol–water partition coefficient (Wildman–Crippen LogP) is 2.81. The first-order valence-corrected chi connectivity index (χ1v) is 7.70. The van der Waals surface area contributed by atoms with Crippen molar-refractivity contribution in [3.63, 3.8) is 0 Å². The summed E-state index contributed by atoms with van der Waals surface area (Å²) in [6.07, 6.45) is -0.0366. The van der Waals surface area contributed by atoms with Crippen molar-refractivity contribution >= 4 is 29.0 Å².